The van der Waals surface area contributed by atoms with Gasteiger partial charge < -0.3 is 15.5 Å². The van der Waals surface area contributed by atoms with Crippen LogP contribution < -0.4 is 5.32 Å². The third-order valence-corrected chi connectivity index (χ3v) is 2.76. The molecule has 0 saturated heterocycles. The van der Waals surface area contributed by atoms with Gasteiger partial charge in [0.05, 0.1) is 11.8 Å². The normalized spacial score (nSPS) is 14.8. The molecule has 0 aliphatic carbocycles. The molecule has 2 unspecified atom stereocenters. The number of aromatic nitrogens is 1. The lowest BCUT2D eigenvalue weighted by molar-refractivity contribution is 0.0186. The smallest absolute Gasteiger partial charge is 0.124 e. The average Bonchev–Trinajstić information content (AvgIpc) is 2.37. The van der Waals surface area contributed by atoms with Crippen molar-refractivity contribution in [3.05, 3.63) is 42.2 Å². The van der Waals surface area contributed by atoms with Crippen molar-refractivity contribution in [3.63, 3.8) is 0 Å². The second kappa shape index (κ2) is 5.23. The molecule has 2 atom stereocenters. The third-order valence-electron chi connectivity index (χ3n) is 2.76. The molecule has 0 bridgehead atoms. The van der Waals surface area contributed by atoms with E-state index >= 15 is 0 Å². The van der Waals surface area contributed by atoms with Crippen LogP contribution in [0, 0.1) is 0 Å². The highest BCUT2D eigenvalue weighted by Crippen LogP contribution is 2.23. The van der Waals surface area contributed by atoms with Crippen LogP contribution in [-0.4, -0.2) is 34.9 Å². The standard InChI is InChI=1S/C13H16N2O2/c1-14-8-11(16)13(17)12-10-5-3-2-4-9(10)6-7-15-12/h2-7,11,13-14,16-17H,8H2,1H3. The van der Waals surface area contributed by atoms with Crippen molar-refractivity contribution in [1.29, 1.82) is 0 Å². The van der Waals surface area contributed by atoms with E-state index in [2.05, 4.69) is 10.3 Å². The van der Waals surface area contributed by atoms with Crippen LogP contribution in [0.1, 0.15) is 11.8 Å². The summed E-state index contributed by atoms with van der Waals surface area (Å²) >= 11 is 0. The van der Waals surface area contributed by atoms with E-state index in [-0.39, 0.29) is 0 Å². The van der Waals surface area contributed by atoms with Gasteiger partial charge in [-0.1, -0.05) is 24.3 Å². The number of fused-ring (bicyclic) bond motifs is 1. The van der Waals surface area contributed by atoms with Crippen molar-refractivity contribution in [1.82, 2.24) is 10.3 Å². The van der Waals surface area contributed by atoms with E-state index < -0.39 is 12.2 Å². The number of benzene rings is 1. The quantitative estimate of drug-likeness (QED) is 0.731. The van der Waals surface area contributed by atoms with Crippen LogP contribution in [0.2, 0.25) is 0 Å². The molecule has 2 rings (SSSR count). The van der Waals surface area contributed by atoms with Gasteiger partial charge in [0.1, 0.15) is 6.10 Å². The van der Waals surface area contributed by atoms with Gasteiger partial charge in [0.15, 0.2) is 0 Å². The zero-order chi connectivity index (χ0) is 12.3. The fourth-order valence-electron chi connectivity index (χ4n) is 1.88. The lowest BCUT2D eigenvalue weighted by Crippen LogP contribution is -2.30. The van der Waals surface area contributed by atoms with Crippen molar-refractivity contribution < 1.29 is 10.2 Å². The van der Waals surface area contributed by atoms with Crippen molar-refractivity contribution in [2.24, 2.45) is 0 Å². The van der Waals surface area contributed by atoms with Gasteiger partial charge in [-0.3, -0.25) is 4.98 Å². The minimum atomic E-state index is -0.978. The van der Waals surface area contributed by atoms with E-state index in [1.165, 1.54) is 0 Å². The fourth-order valence-corrected chi connectivity index (χ4v) is 1.88. The molecule has 1 aromatic heterocycles. The Morgan fingerprint density at radius 3 is 2.76 bits per heavy atom. The molecule has 4 heteroatoms. The molecular formula is C13H16N2O2. The SMILES string of the molecule is CNCC(O)C(O)c1nccc2ccccc12. The first-order valence-corrected chi connectivity index (χ1v) is 5.58. The van der Waals surface area contributed by atoms with Crippen molar-refractivity contribution >= 4 is 10.8 Å². The van der Waals surface area contributed by atoms with Crippen LogP contribution in [-0.2, 0) is 0 Å². The van der Waals surface area contributed by atoms with Gasteiger partial charge in [-0.05, 0) is 18.5 Å². The first-order valence-electron chi connectivity index (χ1n) is 5.58. The topological polar surface area (TPSA) is 65.4 Å². The maximum atomic E-state index is 10.1. The lowest BCUT2D eigenvalue weighted by atomic mass is 10.0. The number of likely N-dealkylation sites (N-methyl/N-ethyl adjacent to an activating group) is 1. The van der Waals surface area contributed by atoms with Crippen molar-refractivity contribution in [3.8, 4) is 0 Å². The molecule has 0 spiro atoms. The van der Waals surface area contributed by atoms with Crippen LogP contribution in [0.25, 0.3) is 10.8 Å². The lowest BCUT2D eigenvalue weighted by Gasteiger charge is -2.18. The van der Waals surface area contributed by atoms with Crippen LogP contribution in [0.3, 0.4) is 0 Å². The monoisotopic (exact) mass is 232 g/mol. The second-order valence-corrected chi connectivity index (χ2v) is 3.99. The first-order chi connectivity index (χ1) is 8.24. The van der Waals surface area contributed by atoms with E-state index in [0.717, 1.165) is 10.8 Å². The molecule has 0 amide bonds. The molecule has 4 nitrogen and oxygen atoms in total. The van der Waals surface area contributed by atoms with Crippen molar-refractivity contribution in [2.75, 3.05) is 13.6 Å². The Balaban J connectivity index is 2.41. The number of hydrogen-bond donors (Lipinski definition) is 3. The molecule has 0 aliphatic heterocycles. The Kier molecular flexibility index (Phi) is 3.68. The largest absolute Gasteiger partial charge is 0.389 e. The van der Waals surface area contributed by atoms with E-state index in [4.69, 9.17) is 0 Å². The minimum Gasteiger partial charge on any atom is -0.389 e. The summed E-state index contributed by atoms with van der Waals surface area (Å²) in [6.07, 6.45) is -0.195. The van der Waals surface area contributed by atoms with Gasteiger partial charge in [0.2, 0.25) is 0 Å². The molecule has 90 valence electrons. The highest BCUT2D eigenvalue weighted by molar-refractivity contribution is 5.84. The highest BCUT2D eigenvalue weighted by atomic mass is 16.3. The van der Waals surface area contributed by atoms with Gasteiger partial charge in [-0.2, -0.15) is 0 Å². The number of pyridine rings is 1. The Morgan fingerprint density at radius 1 is 1.24 bits per heavy atom. The summed E-state index contributed by atoms with van der Waals surface area (Å²) in [6.45, 7) is 0.325. The predicted molar refractivity (Wildman–Crippen MR) is 66.6 cm³/mol. The van der Waals surface area contributed by atoms with E-state index in [1.807, 2.05) is 30.3 Å². The molecule has 3 N–H and O–H groups in total. The average molecular weight is 232 g/mol. The Hall–Kier alpha value is -1.49. The Morgan fingerprint density at radius 2 is 2.00 bits per heavy atom. The first kappa shape index (κ1) is 12.0. The maximum Gasteiger partial charge on any atom is 0.124 e. The summed E-state index contributed by atoms with van der Waals surface area (Å²) in [5.41, 5.74) is 0.519. The maximum absolute atomic E-state index is 10.1. The van der Waals surface area contributed by atoms with E-state index in [0.29, 0.717) is 12.2 Å². The Bertz CT molecular complexity index is 496. The summed E-state index contributed by atoms with van der Waals surface area (Å²) in [5, 5.41) is 24.6. The Labute approximate surface area is 99.9 Å². The van der Waals surface area contributed by atoms with Crippen molar-refractivity contribution in [2.45, 2.75) is 12.2 Å². The molecule has 0 aliphatic rings. The van der Waals surface area contributed by atoms with Crippen LogP contribution in [0.4, 0.5) is 0 Å². The zero-order valence-electron chi connectivity index (χ0n) is 9.67. The minimum absolute atomic E-state index is 0.325. The summed E-state index contributed by atoms with van der Waals surface area (Å²) in [6, 6.07) is 9.56. The number of hydrogen-bond acceptors (Lipinski definition) is 4. The number of nitrogens with one attached hydrogen (secondary N) is 1. The summed E-state index contributed by atoms with van der Waals surface area (Å²) in [7, 11) is 1.73. The molecule has 17 heavy (non-hydrogen) atoms. The summed E-state index contributed by atoms with van der Waals surface area (Å²) < 4.78 is 0. The molecule has 1 heterocycles. The van der Waals surface area contributed by atoms with E-state index in [9.17, 15) is 10.2 Å². The third kappa shape index (κ3) is 2.44. The van der Waals surface area contributed by atoms with Crippen LogP contribution in [0.5, 0.6) is 0 Å². The fraction of sp³-hybridized carbons (Fsp3) is 0.308. The number of aliphatic hydroxyl groups is 2. The molecule has 0 radical (unpaired) electrons. The number of nitrogens with zero attached hydrogens (tertiary/aromatic N) is 1. The summed E-state index contributed by atoms with van der Waals surface area (Å²) in [5.74, 6) is 0. The number of rotatable bonds is 4. The van der Waals surface area contributed by atoms with Crippen LogP contribution in [0.15, 0.2) is 36.5 Å². The van der Waals surface area contributed by atoms with Gasteiger partial charge in [0.25, 0.3) is 0 Å². The molecule has 2 aromatic rings. The highest BCUT2D eigenvalue weighted by Gasteiger charge is 2.20. The molecule has 1 aromatic carbocycles. The summed E-state index contributed by atoms with van der Waals surface area (Å²) in [4.78, 5) is 4.17. The van der Waals surface area contributed by atoms with Crippen LogP contribution >= 0.6 is 0 Å². The van der Waals surface area contributed by atoms with Gasteiger partial charge in [-0.25, -0.2) is 0 Å². The second-order valence-electron chi connectivity index (χ2n) is 3.99. The predicted octanol–water partition coefficient (Wildman–Crippen LogP) is 0.848. The number of aliphatic hydroxyl groups excluding tert-OH is 2. The zero-order valence-corrected chi connectivity index (χ0v) is 9.67. The van der Waals surface area contributed by atoms with Gasteiger partial charge >= 0.3 is 0 Å². The van der Waals surface area contributed by atoms with E-state index in [1.54, 1.807) is 13.2 Å². The molecular weight excluding hydrogens is 216 g/mol. The molecule has 0 saturated carbocycles. The molecule has 0 fully saturated rings. The van der Waals surface area contributed by atoms with Gasteiger partial charge in [0, 0.05) is 18.1 Å². The van der Waals surface area contributed by atoms with Gasteiger partial charge in [-0.15, -0.1) is 0 Å².